The lowest BCUT2D eigenvalue weighted by molar-refractivity contribution is 0.0599. The van der Waals surface area contributed by atoms with Gasteiger partial charge in [0.1, 0.15) is 11.4 Å². The number of likely N-dealkylation sites (tertiary alicyclic amines) is 1. The van der Waals surface area contributed by atoms with Crippen molar-refractivity contribution in [3.8, 4) is 5.75 Å². The van der Waals surface area contributed by atoms with Gasteiger partial charge in [0.2, 0.25) is 0 Å². The van der Waals surface area contributed by atoms with Gasteiger partial charge in [0.25, 0.3) is 5.91 Å². The predicted molar refractivity (Wildman–Crippen MR) is 107 cm³/mol. The van der Waals surface area contributed by atoms with Gasteiger partial charge in [-0.05, 0) is 49.9 Å². The predicted octanol–water partition coefficient (Wildman–Crippen LogP) is 4.18. The third-order valence-electron chi connectivity index (χ3n) is 5.56. The Morgan fingerprint density at radius 2 is 1.79 bits per heavy atom. The van der Waals surface area contributed by atoms with Crippen molar-refractivity contribution in [1.82, 2.24) is 9.88 Å². The SMILES string of the molecule is COC(=O)c1c(C)[nH]c(C(=O)N2CCCCC[C@H]2c2ccc(OC)cc2)c1C. The van der Waals surface area contributed by atoms with E-state index in [9.17, 15) is 9.59 Å². The van der Waals surface area contributed by atoms with Gasteiger partial charge in [0.15, 0.2) is 0 Å². The molecule has 1 aromatic carbocycles. The van der Waals surface area contributed by atoms with Crippen molar-refractivity contribution in [2.45, 2.75) is 45.6 Å². The summed E-state index contributed by atoms with van der Waals surface area (Å²) in [6.45, 7) is 4.28. The van der Waals surface area contributed by atoms with Crippen LogP contribution in [0.4, 0.5) is 0 Å². The number of benzene rings is 1. The number of nitrogens with one attached hydrogen (secondary N) is 1. The molecule has 1 atom stereocenters. The fourth-order valence-corrected chi connectivity index (χ4v) is 4.04. The third kappa shape index (κ3) is 3.77. The monoisotopic (exact) mass is 384 g/mol. The minimum atomic E-state index is -0.423. The van der Waals surface area contributed by atoms with Crippen LogP contribution in [0, 0.1) is 13.8 Å². The van der Waals surface area contributed by atoms with Gasteiger partial charge in [0.05, 0.1) is 25.8 Å². The molecule has 0 unspecified atom stereocenters. The largest absolute Gasteiger partial charge is 0.497 e. The van der Waals surface area contributed by atoms with Crippen molar-refractivity contribution < 1.29 is 19.1 Å². The van der Waals surface area contributed by atoms with Gasteiger partial charge in [-0.25, -0.2) is 4.79 Å². The highest BCUT2D eigenvalue weighted by atomic mass is 16.5. The third-order valence-corrected chi connectivity index (χ3v) is 5.56. The number of methoxy groups -OCH3 is 2. The molecule has 2 aromatic rings. The number of esters is 1. The number of hydrogen-bond donors (Lipinski definition) is 1. The lowest BCUT2D eigenvalue weighted by Crippen LogP contribution is -2.35. The number of H-pyrrole nitrogens is 1. The zero-order valence-corrected chi connectivity index (χ0v) is 17.0. The summed E-state index contributed by atoms with van der Waals surface area (Å²) in [4.78, 5) is 30.6. The highest BCUT2D eigenvalue weighted by molar-refractivity contribution is 6.00. The van der Waals surface area contributed by atoms with E-state index in [1.165, 1.54) is 7.11 Å². The first kappa shape index (κ1) is 20.0. The summed E-state index contributed by atoms with van der Waals surface area (Å²) in [5.41, 5.74) is 3.32. The Hall–Kier alpha value is -2.76. The van der Waals surface area contributed by atoms with Crippen LogP contribution in [-0.4, -0.2) is 42.5 Å². The zero-order chi connectivity index (χ0) is 20.3. The van der Waals surface area contributed by atoms with Crippen LogP contribution in [0.1, 0.15) is 69.4 Å². The molecular formula is C22H28N2O4. The zero-order valence-electron chi connectivity index (χ0n) is 17.0. The molecule has 6 heteroatoms. The maximum Gasteiger partial charge on any atom is 0.339 e. The quantitative estimate of drug-likeness (QED) is 0.803. The van der Waals surface area contributed by atoms with E-state index < -0.39 is 5.97 Å². The van der Waals surface area contributed by atoms with E-state index in [1.54, 1.807) is 21.0 Å². The lowest BCUT2D eigenvalue weighted by atomic mass is 10.00. The van der Waals surface area contributed by atoms with Crippen molar-refractivity contribution in [2.75, 3.05) is 20.8 Å². The van der Waals surface area contributed by atoms with E-state index in [1.807, 2.05) is 29.2 Å². The van der Waals surface area contributed by atoms with Crippen LogP contribution in [0.15, 0.2) is 24.3 Å². The Bertz CT molecular complexity index is 854. The number of aryl methyl sites for hydroxylation is 1. The van der Waals surface area contributed by atoms with Crippen molar-refractivity contribution in [3.63, 3.8) is 0 Å². The van der Waals surface area contributed by atoms with Gasteiger partial charge in [-0.3, -0.25) is 4.79 Å². The van der Waals surface area contributed by atoms with Gasteiger partial charge in [0, 0.05) is 12.2 Å². The van der Waals surface area contributed by atoms with Gasteiger partial charge in [-0.15, -0.1) is 0 Å². The number of amides is 1. The van der Waals surface area contributed by atoms with E-state index in [4.69, 9.17) is 9.47 Å². The first-order chi connectivity index (χ1) is 13.5. The van der Waals surface area contributed by atoms with Gasteiger partial charge >= 0.3 is 5.97 Å². The maximum absolute atomic E-state index is 13.5. The molecule has 150 valence electrons. The molecular weight excluding hydrogens is 356 g/mol. The second-order valence-electron chi connectivity index (χ2n) is 7.25. The van der Waals surface area contributed by atoms with Crippen molar-refractivity contribution >= 4 is 11.9 Å². The Morgan fingerprint density at radius 1 is 1.07 bits per heavy atom. The summed E-state index contributed by atoms with van der Waals surface area (Å²) >= 11 is 0. The molecule has 0 radical (unpaired) electrons. The number of ether oxygens (including phenoxy) is 2. The van der Waals surface area contributed by atoms with Crippen LogP contribution in [0.2, 0.25) is 0 Å². The number of carbonyl (C=O) groups is 2. The molecule has 0 saturated carbocycles. The van der Waals surface area contributed by atoms with E-state index in [0.29, 0.717) is 29.1 Å². The molecule has 0 spiro atoms. The maximum atomic E-state index is 13.5. The summed E-state index contributed by atoms with van der Waals surface area (Å²) < 4.78 is 10.1. The van der Waals surface area contributed by atoms with E-state index in [0.717, 1.165) is 37.0 Å². The van der Waals surface area contributed by atoms with Crippen LogP contribution in [0.25, 0.3) is 0 Å². The number of aromatic amines is 1. The molecule has 1 N–H and O–H groups in total. The second-order valence-corrected chi connectivity index (χ2v) is 7.25. The van der Waals surface area contributed by atoms with E-state index in [2.05, 4.69) is 4.98 Å². The average Bonchev–Trinajstić information content (AvgIpc) is 2.88. The minimum Gasteiger partial charge on any atom is -0.497 e. The van der Waals surface area contributed by atoms with Gasteiger partial charge < -0.3 is 19.4 Å². The van der Waals surface area contributed by atoms with Crippen molar-refractivity contribution in [1.29, 1.82) is 0 Å². The standard InChI is InChI=1S/C22H28N2O4/c1-14-19(22(26)28-4)15(2)23-20(14)21(25)24-13-7-5-6-8-18(24)16-9-11-17(27-3)12-10-16/h9-12,18,23H,5-8,13H2,1-4H3/t18-/m0/s1. The fourth-order valence-electron chi connectivity index (χ4n) is 4.04. The first-order valence-electron chi connectivity index (χ1n) is 9.70. The number of rotatable bonds is 4. The lowest BCUT2D eigenvalue weighted by Gasteiger charge is -2.30. The number of hydrogen-bond acceptors (Lipinski definition) is 4. The molecule has 0 aliphatic carbocycles. The Kier molecular flexibility index (Phi) is 6.07. The molecule has 1 amide bonds. The van der Waals surface area contributed by atoms with Crippen molar-refractivity contribution in [2.24, 2.45) is 0 Å². The second kappa shape index (κ2) is 8.50. The van der Waals surface area contributed by atoms with Crippen LogP contribution in [0.5, 0.6) is 5.75 Å². The molecule has 3 rings (SSSR count). The molecule has 0 bridgehead atoms. The van der Waals surface area contributed by atoms with E-state index in [-0.39, 0.29) is 11.9 Å². The van der Waals surface area contributed by atoms with Crippen molar-refractivity contribution in [3.05, 3.63) is 52.3 Å². The van der Waals surface area contributed by atoms with Gasteiger partial charge in [-0.1, -0.05) is 25.0 Å². The molecule has 1 aliphatic heterocycles. The van der Waals surface area contributed by atoms with Gasteiger partial charge in [-0.2, -0.15) is 0 Å². The number of carbonyl (C=O) groups excluding carboxylic acids is 2. The molecule has 2 heterocycles. The van der Waals surface area contributed by atoms with Crippen LogP contribution >= 0.6 is 0 Å². The molecule has 1 aromatic heterocycles. The summed E-state index contributed by atoms with van der Waals surface area (Å²) in [7, 11) is 3.00. The minimum absolute atomic E-state index is 0.00508. The summed E-state index contributed by atoms with van der Waals surface area (Å²) in [6.07, 6.45) is 4.07. The normalized spacial score (nSPS) is 17.1. The summed E-state index contributed by atoms with van der Waals surface area (Å²) in [5, 5.41) is 0. The molecule has 28 heavy (non-hydrogen) atoms. The molecule has 6 nitrogen and oxygen atoms in total. The smallest absolute Gasteiger partial charge is 0.339 e. The fraction of sp³-hybridized carbons (Fsp3) is 0.455. The van der Waals surface area contributed by atoms with Crippen LogP contribution < -0.4 is 4.74 Å². The number of nitrogens with zero attached hydrogens (tertiary/aromatic N) is 1. The number of aromatic nitrogens is 1. The van der Waals surface area contributed by atoms with Crippen LogP contribution in [0.3, 0.4) is 0 Å². The summed E-state index contributed by atoms with van der Waals surface area (Å²) in [5.74, 6) is 0.306. The first-order valence-corrected chi connectivity index (χ1v) is 9.70. The highest BCUT2D eigenvalue weighted by Gasteiger charge is 2.31. The molecule has 1 fully saturated rings. The Balaban J connectivity index is 1.96. The summed E-state index contributed by atoms with van der Waals surface area (Å²) in [6, 6.07) is 7.93. The highest BCUT2D eigenvalue weighted by Crippen LogP contribution is 2.33. The Morgan fingerprint density at radius 3 is 2.43 bits per heavy atom. The average molecular weight is 384 g/mol. The molecule has 1 saturated heterocycles. The van der Waals surface area contributed by atoms with E-state index >= 15 is 0 Å². The Labute approximate surface area is 165 Å². The molecule has 1 aliphatic rings. The van der Waals surface area contributed by atoms with Crippen LogP contribution in [-0.2, 0) is 4.74 Å². The topological polar surface area (TPSA) is 71.6 Å².